The van der Waals surface area contributed by atoms with Crippen molar-refractivity contribution in [2.75, 3.05) is 13.2 Å². The van der Waals surface area contributed by atoms with E-state index in [1.54, 1.807) is 6.07 Å². The van der Waals surface area contributed by atoms with Gasteiger partial charge >= 0.3 is 5.97 Å². The Morgan fingerprint density at radius 2 is 2.05 bits per heavy atom. The molecule has 7 heteroatoms. The van der Waals surface area contributed by atoms with Gasteiger partial charge < -0.3 is 20.8 Å². The van der Waals surface area contributed by atoms with Crippen molar-refractivity contribution in [2.45, 2.75) is 32.2 Å². The van der Waals surface area contributed by atoms with Crippen LogP contribution in [0.3, 0.4) is 0 Å². The van der Waals surface area contributed by atoms with Gasteiger partial charge in [0.1, 0.15) is 17.7 Å². The molecular weight excluding hydrogens is 250 g/mol. The van der Waals surface area contributed by atoms with E-state index >= 15 is 0 Å². The molecule has 0 aromatic heterocycles. The number of rotatable bonds is 9. The average molecular weight is 269 g/mol. The summed E-state index contributed by atoms with van der Waals surface area (Å²) in [6, 6.07) is 0.654. The van der Waals surface area contributed by atoms with Crippen molar-refractivity contribution in [3.63, 3.8) is 0 Å². The normalized spacial score (nSPS) is 12.4. The first-order valence-electron chi connectivity index (χ1n) is 6.01. The summed E-state index contributed by atoms with van der Waals surface area (Å²) in [6.07, 6.45) is 3.64. The molecule has 0 heterocycles. The van der Waals surface area contributed by atoms with Crippen molar-refractivity contribution in [3.8, 4) is 6.07 Å². The molecule has 0 aromatic rings. The van der Waals surface area contributed by atoms with Crippen molar-refractivity contribution < 1.29 is 19.8 Å². The molecule has 0 aromatic carbocycles. The van der Waals surface area contributed by atoms with Gasteiger partial charge in [-0.25, -0.2) is 0 Å². The molecule has 0 aliphatic carbocycles. The van der Waals surface area contributed by atoms with Gasteiger partial charge in [-0.1, -0.05) is 0 Å². The van der Waals surface area contributed by atoms with Gasteiger partial charge in [0, 0.05) is 19.4 Å². The van der Waals surface area contributed by atoms with Gasteiger partial charge in [0.15, 0.2) is 0 Å². The van der Waals surface area contributed by atoms with E-state index in [0.717, 1.165) is 12.8 Å². The topological polar surface area (TPSA) is 122 Å². The van der Waals surface area contributed by atoms with E-state index in [9.17, 15) is 9.59 Å². The van der Waals surface area contributed by atoms with Crippen LogP contribution in [0.5, 0.6) is 0 Å². The van der Waals surface area contributed by atoms with Crippen LogP contribution in [0.15, 0.2) is 11.8 Å². The number of nitrogens with zero attached hydrogens (tertiary/aromatic N) is 1. The van der Waals surface area contributed by atoms with Crippen LogP contribution in [-0.4, -0.2) is 41.3 Å². The number of hydrogen-bond donors (Lipinski definition) is 4. The number of aliphatic carboxylic acids is 1. The Hall–Kier alpha value is -2.07. The number of hydrogen-bond acceptors (Lipinski definition) is 5. The van der Waals surface area contributed by atoms with E-state index in [0.29, 0.717) is 13.0 Å². The van der Waals surface area contributed by atoms with E-state index in [2.05, 4.69) is 10.6 Å². The van der Waals surface area contributed by atoms with E-state index in [4.69, 9.17) is 15.5 Å². The van der Waals surface area contributed by atoms with Crippen LogP contribution in [0.25, 0.3) is 0 Å². The zero-order chi connectivity index (χ0) is 14.7. The minimum Gasteiger partial charge on any atom is -0.480 e. The van der Waals surface area contributed by atoms with E-state index in [1.165, 1.54) is 13.1 Å². The van der Waals surface area contributed by atoms with Crippen LogP contribution in [0.1, 0.15) is 26.2 Å². The van der Waals surface area contributed by atoms with Crippen LogP contribution in [0, 0.1) is 11.3 Å². The third-order valence-corrected chi connectivity index (χ3v) is 2.31. The van der Waals surface area contributed by atoms with Crippen LogP contribution in [0.4, 0.5) is 0 Å². The lowest BCUT2D eigenvalue weighted by Gasteiger charge is -2.08. The van der Waals surface area contributed by atoms with Crippen LogP contribution < -0.4 is 10.6 Å². The summed E-state index contributed by atoms with van der Waals surface area (Å²) in [7, 11) is 0. The fourth-order valence-electron chi connectivity index (χ4n) is 1.17. The summed E-state index contributed by atoms with van der Waals surface area (Å²) < 4.78 is 0. The molecule has 0 radical (unpaired) electrons. The number of aliphatic hydroxyl groups excluding tert-OH is 1. The number of unbranched alkanes of at least 4 members (excludes halogenated alkanes) is 2. The Labute approximate surface area is 111 Å². The van der Waals surface area contributed by atoms with E-state index in [1.807, 2.05) is 0 Å². The first-order chi connectivity index (χ1) is 9.02. The molecule has 7 nitrogen and oxygen atoms in total. The standard InChI is InChI=1S/C12H19N3O4/c1-9(12(18)19)15-11(17)10(7-13)8-14-5-3-2-4-6-16/h8-9,14,16H,2-6H2,1H3,(H,15,17)(H,18,19)/b10-8-. The highest BCUT2D eigenvalue weighted by Crippen LogP contribution is 1.95. The molecular formula is C12H19N3O4. The largest absolute Gasteiger partial charge is 0.480 e. The third kappa shape index (κ3) is 7.78. The SMILES string of the molecule is CC(NC(=O)/C(C#N)=C\NCCCCCO)C(=O)O. The predicted molar refractivity (Wildman–Crippen MR) is 67.9 cm³/mol. The average Bonchev–Trinajstić information content (AvgIpc) is 2.37. The Bertz CT molecular complexity index is 374. The molecule has 0 rings (SSSR count). The van der Waals surface area contributed by atoms with Crippen molar-refractivity contribution in [3.05, 3.63) is 11.8 Å². The Balaban J connectivity index is 4.14. The van der Waals surface area contributed by atoms with Gasteiger partial charge in [-0.3, -0.25) is 9.59 Å². The first kappa shape index (κ1) is 16.9. The maximum Gasteiger partial charge on any atom is 0.325 e. The fraction of sp³-hybridized carbons (Fsp3) is 0.583. The van der Waals surface area contributed by atoms with Gasteiger partial charge in [-0.15, -0.1) is 0 Å². The number of nitriles is 1. The lowest BCUT2D eigenvalue weighted by atomic mass is 10.2. The number of carboxylic acid groups (broad SMARTS) is 1. The zero-order valence-electron chi connectivity index (χ0n) is 10.8. The second-order valence-corrected chi connectivity index (χ2v) is 3.94. The molecule has 19 heavy (non-hydrogen) atoms. The second-order valence-electron chi connectivity index (χ2n) is 3.94. The molecule has 0 saturated carbocycles. The summed E-state index contributed by atoms with van der Waals surface area (Å²) in [5, 5.41) is 31.0. The highest BCUT2D eigenvalue weighted by Gasteiger charge is 2.16. The quantitative estimate of drug-likeness (QED) is 0.260. The lowest BCUT2D eigenvalue weighted by molar-refractivity contribution is -0.140. The monoisotopic (exact) mass is 269 g/mol. The Morgan fingerprint density at radius 3 is 2.58 bits per heavy atom. The maximum absolute atomic E-state index is 11.5. The molecule has 0 aliphatic rings. The number of aliphatic hydroxyl groups is 1. The third-order valence-electron chi connectivity index (χ3n) is 2.31. The number of amides is 1. The number of carboxylic acids is 1. The molecule has 1 amide bonds. The molecule has 0 aliphatic heterocycles. The van der Waals surface area contributed by atoms with Crippen molar-refractivity contribution in [2.24, 2.45) is 0 Å². The molecule has 0 spiro atoms. The van der Waals surface area contributed by atoms with Crippen LogP contribution >= 0.6 is 0 Å². The summed E-state index contributed by atoms with van der Waals surface area (Å²) in [4.78, 5) is 22.1. The number of carbonyl (C=O) groups is 2. The maximum atomic E-state index is 11.5. The zero-order valence-corrected chi connectivity index (χ0v) is 10.8. The predicted octanol–water partition coefficient (Wildman–Crippen LogP) is -0.265. The smallest absolute Gasteiger partial charge is 0.325 e. The van der Waals surface area contributed by atoms with Crippen LogP contribution in [-0.2, 0) is 9.59 Å². The van der Waals surface area contributed by atoms with Gasteiger partial charge in [-0.05, 0) is 26.2 Å². The van der Waals surface area contributed by atoms with E-state index in [-0.39, 0.29) is 12.2 Å². The summed E-state index contributed by atoms with van der Waals surface area (Å²) >= 11 is 0. The molecule has 0 fully saturated rings. The fourth-order valence-corrected chi connectivity index (χ4v) is 1.17. The molecule has 0 saturated heterocycles. The van der Waals surface area contributed by atoms with Crippen molar-refractivity contribution in [1.29, 1.82) is 5.26 Å². The summed E-state index contributed by atoms with van der Waals surface area (Å²) in [5.41, 5.74) is -0.171. The first-order valence-corrected chi connectivity index (χ1v) is 6.01. The molecule has 0 bridgehead atoms. The molecule has 106 valence electrons. The van der Waals surface area contributed by atoms with Gasteiger partial charge in [0.05, 0.1) is 0 Å². The lowest BCUT2D eigenvalue weighted by Crippen LogP contribution is -2.39. The van der Waals surface area contributed by atoms with Gasteiger partial charge in [0.2, 0.25) is 0 Å². The minimum absolute atomic E-state index is 0.148. The molecule has 4 N–H and O–H groups in total. The number of carbonyl (C=O) groups excluding carboxylic acids is 1. The Morgan fingerprint density at radius 1 is 1.37 bits per heavy atom. The highest BCUT2D eigenvalue weighted by atomic mass is 16.4. The van der Waals surface area contributed by atoms with Gasteiger partial charge in [-0.2, -0.15) is 5.26 Å². The molecule has 1 atom stereocenters. The van der Waals surface area contributed by atoms with Crippen molar-refractivity contribution >= 4 is 11.9 Å². The summed E-state index contributed by atoms with van der Waals surface area (Å²) in [5.74, 6) is -1.89. The Kier molecular flexibility index (Phi) is 8.83. The van der Waals surface area contributed by atoms with E-state index < -0.39 is 17.9 Å². The minimum atomic E-state index is -1.16. The van der Waals surface area contributed by atoms with Crippen LogP contribution in [0.2, 0.25) is 0 Å². The van der Waals surface area contributed by atoms with Gasteiger partial charge in [0.25, 0.3) is 5.91 Å². The second kappa shape index (κ2) is 9.91. The van der Waals surface area contributed by atoms with Crippen molar-refractivity contribution in [1.82, 2.24) is 10.6 Å². The highest BCUT2D eigenvalue weighted by molar-refractivity contribution is 5.98. The summed E-state index contributed by atoms with van der Waals surface area (Å²) in [6.45, 7) is 2.04. The molecule has 1 unspecified atom stereocenters. The number of nitrogens with one attached hydrogen (secondary N) is 2.